The first kappa shape index (κ1) is 17.5. The third-order valence-electron chi connectivity index (χ3n) is 4.30. The Morgan fingerprint density at radius 2 is 1.79 bits per heavy atom. The lowest BCUT2D eigenvalue weighted by Crippen LogP contribution is -2.16. The number of amides is 1. The van der Waals surface area contributed by atoms with Crippen LogP contribution in [0.15, 0.2) is 94.6 Å². The Morgan fingerprint density at radius 3 is 2.68 bits per heavy atom. The highest BCUT2D eigenvalue weighted by atomic mass is 16.5. The van der Waals surface area contributed by atoms with Crippen LogP contribution in [0.1, 0.15) is 21.7 Å². The fourth-order valence-corrected chi connectivity index (χ4v) is 2.92. The van der Waals surface area contributed by atoms with Crippen LogP contribution in [0.3, 0.4) is 0 Å². The van der Waals surface area contributed by atoms with Crippen molar-refractivity contribution in [3.63, 3.8) is 0 Å². The van der Waals surface area contributed by atoms with E-state index >= 15 is 0 Å². The number of para-hydroxylation sites is 1. The number of carbonyl (C=O) groups is 1. The Kier molecular flexibility index (Phi) is 5.15. The Balaban J connectivity index is 1.47. The van der Waals surface area contributed by atoms with E-state index in [2.05, 4.69) is 34.8 Å². The minimum atomic E-state index is -0.407. The second-order valence-electron chi connectivity index (χ2n) is 6.14. The number of nitrogens with zero attached hydrogens (tertiary/aromatic N) is 1. The molecule has 4 rings (SSSR count). The second kappa shape index (κ2) is 8.22. The zero-order valence-corrected chi connectivity index (χ0v) is 15.0. The number of ether oxygens (including phenoxy) is 1. The number of rotatable bonds is 6. The molecule has 5 nitrogen and oxygen atoms in total. The summed E-state index contributed by atoms with van der Waals surface area (Å²) in [5, 5.41) is 6.35. The van der Waals surface area contributed by atoms with E-state index in [1.165, 1.54) is 17.0 Å². The molecule has 138 valence electrons. The molecule has 1 N–H and O–H groups in total. The summed E-state index contributed by atoms with van der Waals surface area (Å²) in [4.78, 5) is 11.9. The maximum atomic E-state index is 11.9. The summed E-state index contributed by atoms with van der Waals surface area (Å²) in [5.41, 5.74) is 4.31. The summed E-state index contributed by atoms with van der Waals surface area (Å²) >= 11 is 0. The maximum absolute atomic E-state index is 11.9. The van der Waals surface area contributed by atoms with Crippen LogP contribution in [0.2, 0.25) is 0 Å². The lowest BCUT2D eigenvalue weighted by Gasteiger charge is -2.11. The fourth-order valence-electron chi connectivity index (χ4n) is 2.92. The SMILES string of the molecule is O=C(N/N=C/c1ccccc1OCc1cccc2ccccc12)c1ccco1. The zero-order chi connectivity index (χ0) is 19.2. The Hall–Kier alpha value is -3.86. The van der Waals surface area contributed by atoms with Crippen LogP contribution >= 0.6 is 0 Å². The highest BCUT2D eigenvalue weighted by Gasteiger charge is 2.07. The fraction of sp³-hybridized carbons (Fsp3) is 0.0435. The van der Waals surface area contributed by atoms with Crippen molar-refractivity contribution in [2.75, 3.05) is 0 Å². The van der Waals surface area contributed by atoms with Gasteiger partial charge in [0.2, 0.25) is 0 Å². The van der Waals surface area contributed by atoms with Crippen molar-refractivity contribution in [1.29, 1.82) is 0 Å². The number of carbonyl (C=O) groups excluding carboxylic acids is 1. The van der Waals surface area contributed by atoms with Crippen molar-refractivity contribution in [2.45, 2.75) is 6.61 Å². The molecule has 5 heteroatoms. The van der Waals surface area contributed by atoms with E-state index in [1.807, 2.05) is 42.5 Å². The number of nitrogens with one attached hydrogen (secondary N) is 1. The van der Waals surface area contributed by atoms with Crippen LogP contribution in [0, 0.1) is 0 Å². The number of hydrogen-bond donors (Lipinski definition) is 1. The van der Waals surface area contributed by atoms with Crippen LogP contribution in [0.25, 0.3) is 10.8 Å². The number of furan rings is 1. The average molecular weight is 370 g/mol. The van der Waals surface area contributed by atoms with Gasteiger partial charge in [-0.15, -0.1) is 0 Å². The van der Waals surface area contributed by atoms with E-state index in [0.29, 0.717) is 12.4 Å². The lowest BCUT2D eigenvalue weighted by molar-refractivity contribution is 0.0927. The van der Waals surface area contributed by atoms with E-state index in [-0.39, 0.29) is 5.76 Å². The average Bonchev–Trinajstić information content (AvgIpc) is 3.28. The molecule has 4 aromatic rings. The smallest absolute Gasteiger partial charge is 0.307 e. The molecule has 0 saturated heterocycles. The standard InChI is InChI=1S/C23H18N2O3/c26-23(22-13-6-14-27-22)25-24-15-18-8-2-4-12-21(18)28-16-19-10-5-9-17-7-1-3-11-20(17)19/h1-15H,16H2,(H,25,26)/b24-15+. The van der Waals surface area contributed by atoms with E-state index in [1.54, 1.807) is 18.3 Å². The van der Waals surface area contributed by atoms with Gasteiger partial charge in [-0.2, -0.15) is 5.10 Å². The summed E-state index contributed by atoms with van der Waals surface area (Å²) in [5.74, 6) is 0.486. The molecule has 1 aromatic heterocycles. The van der Waals surface area contributed by atoms with Crippen LogP contribution in [-0.4, -0.2) is 12.1 Å². The van der Waals surface area contributed by atoms with Gasteiger partial charge in [0.1, 0.15) is 12.4 Å². The van der Waals surface area contributed by atoms with Crippen molar-refractivity contribution in [1.82, 2.24) is 5.43 Å². The van der Waals surface area contributed by atoms with Gasteiger partial charge in [-0.1, -0.05) is 54.6 Å². The zero-order valence-electron chi connectivity index (χ0n) is 15.0. The molecule has 1 amide bonds. The molecule has 1 heterocycles. The summed E-state index contributed by atoms with van der Waals surface area (Å²) in [6, 6.07) is 25.2. The van der Waals surface area contributed by atoms with Gasteiger partial charge < -0.3 is 9.15 Å². The number of benzene rings is 3. The molecule has 0 aliphatic rings. The molecule has 0 atom stereocenters. The normalized spacial score (nSPS) is 11.0. The van der Waals surface area contributed by atoms with Crippen molar-refractivity contribution in [3.8, 4) is 5.75 Å². The van der Waals surface area contributed by atoms with E-state index in [9.17, 15) is 4.79 Å². The minimum Gasteiger partial charge on any atom is -0.488 e. The summed E-state index contributed by atoms with van der Waals surface area (Å²) < 4.78 is 11.1. The molecule has 28 heavy (non-hydrogen) atoms. The van der Waals surface area contributed by atoms with Crippen LogP contribution in [0.5, 0.6) is 5.75 Å². The largest absolute Gasteiger partial charge is 0.488 e. The number of fused-ring (bicyclic) bond motifs is 1. The predicted molar refractivity (Wildman–Crippen MR) is 108 cm³/mol. The quantitative estimate of drug-likeness (QED) is 0.393. The second-order valence-corrected chi connectivity index (χ2v) is 6.14. The monoisotopic (exact) mass is 370 g/mol. The predicted octanol–water partition coefficient (Wildman–Crippen LogP) is 4.78. The van der Waals surface area contributed by atoms with Gasteiger partial charge in [-0.05, 0) is 40.6 Å². The highest BCUT2D eigenvalue weighted by molar-refractivity contribution is 5.92. The van der Waals surface area contributed by atoms with Gasteiger partial charge in [-0.25, -0.2) is 5.43 Å². The van der Waals surface area contributed by atoms with Crippen LogP contribution in [-0.2, 0) is 6.61 Å². The first-order valence-electron chi connectivity index (χ1n) is 8.86. The van der Waals surface area contributed by atoms with E-state index in [4.69, 9.17) is 9.15 Å². The van der Waals surface area contributed by atoms with Gasteiger partial charge in [0.15, 0.2) is 5.76 Å². The third kappa shape index (κ3) is 3.94. The first-order valence-corrected chi connectivity index (χ1v) is 8.86. The van der Waals surface area contributed by atoms with Crippen molar-refractivity contribution in [3.05, 3.63) is 102 Å². The summed E-state index contributed by atoms with van der Waals surface area (Å²) in [6.07, 6.45) is 2.99. The molecule has 3 aromatic carbocycles. The Labute approximate surface area is 162 Å². The van der Waals surface area contributed by atoms with Gasteiger partial charge in [0.05, 0.1) is 12.5 Å². The van der Waals surface area contributed by atoms with Crippen LogP contribution < -0.4 is 10.2 Å². The highest BCUT2D eigenvalue weighted by Crippen LogP contribution is 2.22. The van der Waals surface area contributed by atoms with Crippen molar-refractivity contribution in [2.24, 2.45) is 5.10 Å². The van der Waals surface area contributed by atoms with Crippen molar-refractivity contribution < 1.29 is 13.9 Å². The van der Waals surface area contributed by atoms with Gasteiger partial charge in [0.25, 0.3) is 0 Å². The van der Waals surface area contributed by atoms with Gasteiger partial charge >= 0.3 is 5.91 Å². The van der Waals surface area contributed by atoms with Crippen molar-refractivity contribution >= 4 is 22.9 Å². The molecule has 0 aliphatic carbocycles. The molecule has 0 radical (unpaired) electrons. The topological polar surface area (TPSA) is 63.8 Å². The molecule has 0 spiro atoms. The van der Waals surface area contributed by atoms with E-state index < -0.39 is 5.91 Å². The van der Waals surface area contributed by atoms with E-state index in [0.717, 1.165) is 11.1 Å². The molecule has 0 unspecified atom stereocenters. The number of hydrazone groups is 1. The number of hydrogen-bond acceptors (Lipinski definition) is 4. The summed E-state index contributed by atoms with van der Waals surface area (Å²) in [6.45, 7) is 0.435. The summed E-state index contributed by atoms with van der Waals surface area (Å²) in [7, 11) is 0. The minimum absolute atomic E-state index is 0.206. The lowest BCUT2D eigenvalue weighted by atomic mass is 10.1. The van der Waals surface area contributed by atoms with Gasteiger partial charge in [-0.3, -0.25) is 4.79 Å². The molecule has 0 aliphatic heterocycles. The van der Waals surface area contributed by atoms with Crippen LogP contribution in [0.4, 0.5) is 0 Å². The maximum Gasteiger partial charge on any atom is 0.307 e. The van der Waals surface area contributed by atoms with Gasteiger partial charge in [0, 0.05) is 5.56 Å². The molecule has 0 saturated carbocycles. The Morgan fingerprint density at radius 1 is 0.964 bits per heavy atom. The first-order chi connectivity index (χ1) is 13.8. The molecular weight excluding hydrogens is 352 g/mol. The molecule has 0 bridgehead atoms. The molecular formula is C23H18N2O3. The Bertz CT molecular complexity index is 1110. The molecule has 0 fully saturated rings. The third-order valence-corrected chi connectivity index (χ3v) is 4.30.